The van der Waals surface area contributed by atoms with E-state index < -0.39 is 0 Å². The maximum absolute atomic E-state index is 12.6. The largest absolute Gasteiger partial charge is 0.368 e. The number of hydrogen-bond acceptors (Lipinski definition) is 7. The van der Waals surface area contributed by atoms with Gasteiger partial charge in [0, 0.05) is 26.2 Å². The number of thiazole rings is 1. The summed E-state index contributed by atoms with van der Waals surface area (Å²) in [5.41, 5.74) is 9.44. The molecule has 3 aromatic rings. The highest BCUT2D eigenvalue weighted by Gasteiger charge is 2.25. The van der Waals surface area contributed by atoms with Crippen molar-refractivity contribution in [3.63, 3.8) is 0 Å². The molecule has 1 aromatic carbocycles. The van der Waals surface area contributed by atoms with Crippen molar-refractivity contribution in [2.45, 2.75) is 13.0 Å². The number of piperazine rings is 1. The van der Waals surface area contributed by atoms with E-state index in [2.05, 4.69) is 25.2 Å². The maximum Gasteiger partial charge on any atom is 0.317 e. The van der Waals surface area contributed by atoms with Crippen LogP contribution in [-0.2, 0) is 0 Å². The van der Waals surface area contributed by atoms with Crippen molar-refractivity contribution in [2.75, 3.05) is 36.8 Å². The SMILES string of the molecule is CC(NC(=O)N1CCN(c2nc(N)nc3scnc23)CC1)c1ccccc1. The second-order valence-electron chi connectivity index (χ2n) is 6.47. The van der Waals surface area contributed by atoms with Gasteiger partial charge in [-0.25, -0.2) is 14.8 Å². The Morgan fingerprint density at radius 1 is 1.19 bits per heavy atom. The summed E-state index contributed by atoms with van der Waals surface area (Å²) >= 11 is 1.45. The number of urea groups is 1. The predicted molar refractivity (Wildman–Crippen MR) is 107 cm³/mol. The fraction of sp³-hybridized carbons (Fsp3) is 0.333. The third-order valence-corrected chi connectivity index (χ3v) is 5.42. The minimum atomic E-state index is -0.0491. The van der Waals surface area contributed by atoms with E-state index in [0.29, 0.717) is 26.2 Å². The van der Waals surface area contributed by atoms with Gasteiger partial charge in [0.2, 0.25) is 5.95 Å². The lowest BCUT2D eigenvalue weighted by atomic mass is 10.1. The number of anilines is 2. The van der Waals surface area contributed by atoms with Crippen LogP contribution in [0.4, 0.5) is 16.6 Å². The van der Waals surface area contributed by atoms with Crippen molar-refractivity contribution < 1.29 is 4.79 Å². The summed E-state index contributed by atoms with van der Waals surface area (Å²) in [5.74, 6) is 0.995. The number of amides is 2. The van der Waals surface area contributed by atoms with Crippen molar-refractivity contribution in [1.82, 2.24) is 25.2 Å². The molecule has 1 fully saturated rings. The van der Waals surface area contributed by atoms with E-state index in [-0.39, 0.29) is 18.0 Å². The number of rotatable bonds is 3. The lowest BCUT2D eigenvalue weighted by molar-refractivity contribution is 0.191. The second kappa shape index (κ2) is 7.36. The molecule has 27 heavy (non-hydrogen) atoms. The van der Waals surface area contributed by atoms with Crippen LogP contribution in [0.2, 0.25) is 0 Å². The molecule has 2 amide bonds. The van der Waals surface area contributed by atoms with Gasteiger partial charge >= 0.3 is 6.03 Å². The molecule has 0 aliphatic carbocycles. The molecule has 0 bridgehead atoms. The Kier molecular flexibility index (Phi) is 4.76. The fourth-order valence-corrected chi connectivity index (χ4v) is 3.87. The number of hydrogen-bond donors (Lipinski definition) is 2. The van der Waals surface area contributed by atoms with Gasteiger partial charge in [-0.15, -0.1) is 11.3 Å². The van der Waals surface area contributed by atoms with Crippen molar-refractivity contribution in [3.05, 3.63) is 41.4 Å². The highest BCUT2D eigenvalue weighted by Crippen LogP contribution is 2.26. The number of carbonyl (C=O) groups excluding carboxylic acids is 1. The Balaban J connectivity index is 1.40. The van der Waals surface area contributed by atoms with E-state index in [1.54, 1.807) is 5.51 Å². The van der Waals surface area contributed by atoms with Crippen LogP contribution in [0.5, 0.6) is 0 Å². The fourth-order valence-electron chi connectivity index (χ4n) is 3.21. The molecule has 8 nitrogen and oxygen atoms in total. The molecule has 1 aliphatic rings. The van der Waals surface area contributed by atoms with Crippen LogP contribution >= 0.6 is 11.3 Å². The van der Waals surface area contributed by atoms with Crippen LogP contribution in [0.15, 0.2) is 35.8 Å². The Morgan fingerprint density at radius 2 is 1.93 bits per heavy atom. The molecule has 1 atom stereocenters. The van der Waals surface area contributed by atoms with Crippen molar-refractivity contribution in [1.29, 1.82) is 0 Å². The number of fused-ring (bicyclic) bond motifs is 1. The van der Waals surface area contributed by atoms with E-state index in [1.807, 2.05) is 42.2 Å². The molecule has 1 unspecified atom stereocenters. The van der Waals surface area contributed by atoms with Gasteiger partial charge in [-0.2, -0.15) is 4.98 Å². The Hall–Kier alpha value is -2.94. The molecule has 9 heteroatoms. The third kappa shape index (κ3) is 3.63. The van der Waals surface area contributed by atoms with Gasteiger partial charge in [-0.05, 0) is 12.5 Å². The topological polar surface area (TPSA) is 100 Å². The monoisotopic (exact) mass is 383 g/mol. The molecule has 1 aliphatic heterocycles. The molecule has 1 saturated heterocycles. The van der Waals surface area contributed by atoms with Gasteiger partial charge in [0.25, 0.3) is 0 Å². The van der Waals surface area contributed by atoms with Gasteiger partial charge in [0.1, 0.15) is 5.52 Å². The zero-order valence-electron chi connectivity index (χ0n) is 15.0. The van der Waals surface area contributed by atoms with E-state index in [0.717, 1.165) is 21.7 Å². The summed E-state index contributed by atoms with van der Waals surface area (Å²) in [4.78, 5) is 30.3. The molecule has 0 spiro atoms. The van der Waals surface area contributed by atoms with Crippen LogP contribution in [0, 0.1) is 0 Å². The molecule has 3 heterocycles. The highest BCUT2D eigenvalue weighted by atomic mass is 32.1. The average Bonchev–Trinajstić information content (AvgIpc) is 3.16. The molecule has 4 rings (SSSR count). The van der Waals surface area contributed by atoms with Gasteiger partial charge in [-0.3, -0.25) is 0 Å². The molecular weight excluding hydrogens is 362 g/mol. The van der Waals surface area contributed by atoms with Crippen LogP contribution in [0.3, 0.4) is 0 Å². The first-order valence-electron chi connectivity index (χ1n) is 8.84. The van der Waals surface area contributed by atoms with Gasteiger partial charge in [-0.1, -0.05) is 30.3 Å². The van der Waals surface area contributed by atoms with Crippen molar-refractivity contribution in [3.8, 4) is 0 Å². The Labute approximate surface area is 161 Å². The van der Waals surface area contributed by atoms with Crippen LogP contribution in [0.25, 0.3) is 10.3 Å². The van der Waals surface area contributed by atoms with Crippen LogP contribution in [0.1, 0.15) is 18.5 Å². The molecule has 3 N–H and O–H groups in total. The first-order valence-corrected chi connectivity index (χ1v) is 9.72. The normalized spacial score (nSPS) is 15.7. The number of carbonyl (C=O) groups is 1. The van der Waals surface area contributed by atoms with E-state index in [9.17, 15) is 4.79 Å². The lowest BCUT2D eigenvalue weighted by Crippen LogP contribution is -2.52. The summed E-state index contributed by atoms with van der Waals surface area (Å²) < 4.78 is 0. The summed E-state index contributed by atoms with van der Waals surface area (Å²) in [5, 5.41) is 3.07. The summed E-state index contributed by atoms with van der Waals surface area (Å²) in [6, 6.07) is 9.87. The quantitative estimate of drug-likeness (QED) is 0.720. The van der Waals surface area contributed by atoms with Gasteiger partial charge < -0.3 is 20.9 Å². The minimum absolute atomic E-state index is 0.0342. The van der Waals surface area contributed by atoms with Crippen LogP contribution in [-0.4, -0.2) is 52.1 Å². The van der Waals surface area contributed by atoms with Crippen molar-refractivity contribution >= 4 is 39.5 Å². The number of nitrogens with zero attached hydrogens (tertiary/aromatic N) is 5. The predicted octanol–water partition coefficient (Wildman–Crippen LogP) is 2.26. The van der Waals surface area contributed by atoms with Crippen molar-refractivity contribution in [2.24, 2.45) is 0 Å². The Bertz CT molecular complexity index is 937. The smallest absolute Gasteiger partial charge is 0.317 e. The highest BCUT2D eigenvalue weighted by molar-refractivity contribution is 7.16. The number of nitrogens with two attached hydrogens (primary N) is 1. The molecule has 0 saturated carbocycles. The summed E-state index contributed by atoms with van der Waals surface area (Å²) in [6.07, 6.45) is 0. The summed E-state index contributed by atoms with van der Waals surface area (Å²) in [7, 11) is 0. The lowest BCUT2D eigenvalue weighted by Gasteiger charge is -2.36. The minimum Gasteiger partial charge on any atom is -0.368 e. The first kappa shape index (κ1) is 17.5. The van der Waals surface area contributed by atoms with Crippen LogP contribution < -0.4 is 16.0 Å². The second-order valence-corrected chi connectivity index (χ2v) is 7.30. The molecule has 0 radical (unpaired) electrons. The van der Waals surface area contributed by atoms with E-state index >= 15 is 0 Å². The number of nitrogen functional groups attached to an aromatic ring is 1. The third-order valence-electron chi connectivity index (χ3n) is 4.70. The Morgan fingerprint density at radius 3 is 2.67 bits per heavy atom. The maximum atomic E-state index is 12.6. The van der Waals surface area contributed by atoms with Gasteiger partial charge in [0.15, 0.2) is 10.6 Å². The average molecular weight is 383 g/mol. The molecule has 140 valence electrons. The van der Waals surface area contributed by atoms with Gasteiger partial charge in [0.05, 0.1) is 11.6 Å². The van der Waals surface area contributed by atoms with E-state index in [1.165, 1.54) is 11.3 Å². The molecular formula is C18H21N7OS. The number of nitrogens with one attached hydrogen (secondary N) is 1. The zero-order valence-corrected chi connectivity index (χ0v) is 15.8. The number of aromatic nitrogens is 3. The number of benzene rings is 1. The first-order chi connectivity index (χ1) is 13.1. The molecule has 2 aromatic heterocycles. The van der Waals surface area contributed by atoms with E-state index in [4.69, 9.17) is 5.73 Å². The standard InChI is InChI=1S/C18H21N7OS/c1-12(13-5-3-2-4-6-13)21-18(26)25-9-7-24(8-10-25)15-14-16(27-11-20-14)23-17(19)22-15/h2-6,11-12H,7-10H2,1H3,(H,21,26)(H2,19,22,23). The zero-order chi connectivity index (χ0) is 18.8. The summed E-state index contributed by atoms with van der Waals surface area (Å²) in [6.45, 7) is 4.57.